The molecule has 2 aromatic rings. The van der Waals surface area contributed by atoms with Gasteiger partial charge in [0.15, 0.2) is 5.71 Å². The summed E-state index contributed by atoms with van der Waals surface area (Å²) in [7, 11) is 0. The van der Waals surface area contributed by atoms with E-state index in [9.17, 15) is 9.59 Å². The van der Waals surface area contributed by atoms with Crippen LogP contribution in [0.2, 0.25) is 0 Å². The Hall–Kier alpha value is -3.55. The zero-order valence-electron chi connectivity index (χ0n) is 14.8. The van der Waals surface area contributed by atoms with Gasteiger partial charge in [0.25, 0.3) is 0 Å². The molecule has 3 rings (SSSR count). The fraction of sp³-hybridized carbons (Fsp3) is 0.211. The summed E-state index contributed by atoms with van der Waals surface area (Å²) in [4.78, 5) is 27.3. The molecule has 2 heterocycles. The topological polar surface area (TPSA) is 105 Å². The Morgan fingerprint density at radius 3 is 2.56 bits per heavy atom. The fourth-order valence-corrected chi connectivity index (χ4v) is 2.48. The summed E-state index contributed by atoms with van der Waals surface area (Å²) in [6, 6.07) is 10.8. The highest BCUT2D eigenvalue weighted by Gasteiger charge is 2.16. The maximum atomic E-state index is 12.2. The van der Waals surface area contributed by atoms with Crippen molar-refractivity contribution in [3.05, 3.63) is 59.9 Å². The lowest BCUT2D eigenvalue weighted by Gasteiger charge is -2.12. The quantitative estimate of drug-likeness (QED) is 0.463. The van der Waals surface area contributed by atoms with E-state index in [2.05, 4.69) is 26.0 Å². The maximum Gasteiger partial charge on any atom is 0.359 e. The number of hydrogen-bond donors (Lipinski definition) is 2. The van der Waals surface area contributed by atoms with E-state index in [0.717, 1.165) is 11.3 Å². The number of benzene rings is 1. The number of nitrogens with zero attached hydrogens (tertiary/aromatic N) is 3. The molecule has 27 heavy (non-hydrogen) atoms. The van der Waals surface area contributed by atoms with Gasteiger partial charge in [-0.25, -0.2) is 10.2 Å². The predicted molar refractivity (Wildman–Crippen MR) is 101 cm³/mol. The SMILES string of the molecule is CCOC(=O)/C(=N/Nc1ccc(C2=NNC(=O)CC2)cc1)c1ccncc1. The Balaban J connectivity index is 1.76. The second kappa shape index (κ2) is 8.70. The highest BCUT2D eigenvalue weighted by Crippen LogP contribution is 2.15. The maximum absolute atomic E-state index is 12.2. The van der Waals surface area contributed by atoms with Crippen molar-refractivity contribution in [3.63, 3.8) is 0 Å². The molecule has 0 saturated heterocycles. The van der Waals surface area contributed by atoms with Gasteiger partial charge in [-0.3, -0.25) is 15.2 Å². The van der Waals surface area contributed by atoms with E-state index in [4.69, 9.17) is 4.74 Å². The largest absolute Gasteiger partial charge is 0.461 e. The van der Waals surface area contributed by atoms with Crippen LogP contribution in [0.25, 0.3) is 0 Å². The van der Waals surface area contributed by atoms with Crippen LogP contribution in [-0.4, -0.2) is 34.9 Å². The molecule has 138 valence electrons. The number of hydrazone groups is 2. The van der Waals surface area contributed by atoms with E-state index in [-0.39, 0.29) is 18.2 Å². The van der Waals surface area contributed by atoms with Crippen molar-refractivity contribution in [1.82, 2.24) is 10.4 Å². The summed E-state index contributed by atoms with van der Waals surface area (Å²) in [5.41, 5.74) is 8.59. The summed E-state index contributed by atoms with van der Waals surface area (Å²) in [6.07, 6.45) is 4.20. The summed E-state index contributed by atoms with van der Waals surface area (Å²) in [6.45, 7) is 2.00. The third-order valence-electron chi connectivity index (χ3n) is 3.84. The smallest absolute Gasteiger partial charge is 0.359 e. The van der Waals surface area contributed by atoms with Crippen LogP contribution in [0.15, 0.2) is 59.0 Å². The van der Waals surface area contributed by atoms with E-state index >= 15 is 0 Å². The van der Waals surface area contributed by atoms with Crippen LogP contribution in [0.1, 0.15) is 30.9 Å². The number of amides is 1. The monoisotopic (exact) mass is 365 g/mol. The number of esters is 1. The van der Waals surface area contributed by atoms with Crippen molar-refractivity contribution in [3.8, 4) is 0 Å². The van der Waals surface area contributed by atoms with Gasteiger partial charge in [0, 0.05) is 30.8 Å². The van der Waals surface area contributed by atoms with E-state index in [1.165, 1.54) is 0 Å². The molecule has 1 aliphatic heterocycles. The zero-order valence-corrected chi connectivity index (χ0v) is 14.8. The zero-order chi connectivity index (χ0) is 19.1. The van der Waals surface area contributed by atoms with Crippen molar-refractivity contribution < 1.29 is 14.3 Å². The molecule has 0 bridgehead atoms. The minimum absolute atomic E-state index is 0.0750. The molecule has 1 aromatic heterocycles. The molecular formula is C19H19N5O3. The number of pyridine rings is 1. The molecule has 8 nitrogen and oxygen atoms in total. The minimum Gasteiger partial charge on any atom is -0.461 e. The summed E-state index contributed by atoms with van der Waals surface area (Å²) in [5, 5.41) is 8.28. The number of carbonyl (C=O) groups is 2. The summed E-state index contributed by atoms with van der Waals surface area (Å²) < 4.78 is 5.07. The molecule has 8 heteroatoms. The van der Waals surface area contributed by atoms with Crippen LogP contribution in [-0.2, 0) is 14.3 Å². The molecule has 2 N–H and O–H groups in total. The van der Waals surface area contributed by atoms with E-state index in [0.29, 0.717) is 24.1 Å². The van der Waals surface area contributed by atoms with Crippen LogP contribution in [0.3, 0.4) is 0 Å². The molecule has 0 fully saturated rings. The predicted octanol–water partition coefficient (Wildman–Crippen LogP) is 2.07. The van der Waals surface area contributed by atoms with Crippen molar-refractivity contribution in [2.75, 3.05) is 12.0 Å². The molecule has 1 amide bonds. The molecule has 0 radical (unpaired) electrons. The first-order valence-electron chi connectivity index (χ1n) is 8.54. The van der Waals surface area contributed by atoms with Gasteiger partial charge in [-0.1, -0.05) is 12.1 Å². The standard InChI is InChI=1S/C19H19N5O3/c1-2-27-19(26)18(14-9-11-20-12-10-14)24-21-15-5-3-13(4-6-15)16-7-8-17(25)23-22-16/h3-6,9-12,21H,2,7-8H2,1H3,(H,23,25)/b24-18+. The van der Waals surface area contributed by atoms with E-state index in [1.54, 1.807) is 31.5 Å². The van der Waals surface area contributed by atoms with E-state index in [1.807, 2.05) is 24.3 Å². The Kier molecular flexibility index (Phi) is 5.88. The lowest BCUT2D eigenvalue weighted by atomic mass is 10.0. The van der Waals surface area contributed by atoms with Gasteiger partial charge in [-0.05, 0) is 36.8 Å². The Morgan fingerprint density at radius 2 is 1.93 bits per heavy atom. The van der Waals surface area contributed by atoms with Gasteiger partial charge in [0.1, 0.15) is 0 Å². The number of hydrogen-bond acceptors (Lipinski definition) is 7. The van der Waals surface area contributed by atoms with Crippen molar-refractivity contribution in [2.24, 2.45) is 10.2 Å². The highest BCUT2D eigenvalue weighted by molar-refractivity contribution is 6.43. The van der Waals surface area contributed by atoms with Crippen LogP contribution in [0.4, 0.5) is 5.69 Å². The van der Waals surface area contributed by atoms with Crippen LogP contribution >= 0.6 is 0 Å². The Bertz CT molecular complexity index is 876. The normalized spacial score (nSPS) is 14.2. The first-order chi connectivity index (χ1) is 13.2. The number of rotatable bonds is 6. The molecule has 1 aromatic carbocycles. The Labute approximate surface area is 156 Å². The van der Waals surface area contributed by atoms with E-state index < -0.39 is 5.97 Å². The van der Waals surface area contributed by atoms with Gasteiger partial charge < -0.3 is 4.74 Å². The lowest BCUT2D eigenvalue weighted by Crippen LogP contribution is -2.25. The second-order valence-corrected chi connectivity index (χ2v) is 5.70. The molecule has 0 saturated carbocycles. The third kappa shape index (κ3) is 4.75. The Morgan fingerprint density at radius 1 is 1.19 bits per heavy atom. The van der Waals surface area contributed by atoms with Gasteiger partial charge >= 0.3 is 5.97 Å². The number of nitrogens with one attached hydrogen (secondary N) is 2. The second-order valence-electron chi connectivity index (χ2n) is 5.70. The summed E-state index contributed by atoms with van der Waals surface area (Å²) in [5.74, 6) is -0.589. The minimum atomic E-state index is -0.514. The number of carbonyl (C=O) groups excluding carboxylic acids is 2. The highest BCUT2D eigenvalue weighted by atomic mass is 16.5. The lowest BCUT2D eigenvalue weighted by molar-refractivity contribution is -0.135. The van der Waals surface area contributed by atoms with Gasteiger partial charge in [0.05, 0.1) is 18.0 Å². The first-order valence-corrected chi connectivity index (χ1v) is 8.54. The van der Waals surface area contributed by atoms with Gasteiger partial charge in [0.2, 0.25) is 5.91 Å². The number of aromatic nitrogens is 1. The van der Waals surface area contributed by atoms with Crippen molar-refractivity contribution in [1.29, 1.82) is 0 Å². The van der Waals surface area contributed by atoms with Gasteiger partial charge in [-0.2, -0.15) is 10.2 Å². The van der Waals surface area contributed by atoms with Crippen LogP contribution in [0.5, 0.6) is 0 Å². The third-order valence-corrected chi connectivity index (χ3v) is 3.84. The fourth-order valence-electron chi connectivity index (χ4n) is 2.48. The average Bonchev–Trinajstić information content (AvgIpc) is 2.70. The van der Waals surface area contributed by atoms with Crippen molar-refractivity contribution in [2.45, 2.75) is 19.8 Å². The molecule has 1 aliphatic rings. The molecule has 0 aliphatic carbocycles. The van der Waals surface area contributed by atoms with Gasteiger partial charge in [-0.15, -0.1) is 0 Å². The number of anilines is 1. The van der Waals surface area contributed by atoms with Crippen molar-refractivity contribution >= 4 is 29.0 Å². The average molecular weight is 365 g/mol. The molecule has 0 unspecified atom stereocenters. The van der Waals surface area contributed by atoms with Crippen LogP contribution in [0, 0.1) is 0 Å². The van der Waals surface area contributed by atoms with Crippen LogP contribution < -0.4 is 10.9 Å². The number of ether oxygens (including phenoxy) is 1. The molecular weight excluding hydrogens is 346 g/mol. The molecule has 0 spiro atoms. The molecule has 0 atom stereocenters. The summed E-state index contributed by atoms with van der Waals surface area (Å²) >= 11 is 0. The first kappa shape index (κ1) is 18.2.